The average molecular weight is 518 g/mol. The molecule has 3 heteroatoms. The van der Waals surface area contributed by atoms with Gasteiger partial charge in [0, 0.05) is 0 Å². The standard InChI is InChI=1S/C37H31BO2/c1-35(2)36(3,4)40-38(39-35)27-21-19-26-18-17-25-12-6-9-15-30(25)37(33(26)23-27)31-16-10-8-14-29(31)34-28-13-7-5-11-24(28)20-22-32(34)37/h5-23H,1-4H3. The lowest BCUT2D eigenvalue weighted by molar-refractivity contribution is 0.00578. The summed E-state index contributed by atoms with van der Waals surface area (Å²) < 4.78 is 13.1. The fraction of sp³-hybridized carbons (Fsp3) is 0.189. The van der Waals surface area contributed by atoms with Crippen LogP contribution >= 0.6 is 0 Å². The normalized spacial score (nSPS) is 21.1. The van der Waals surface area contributed by atoms with E-state index in [9.17, 15) is 0 Å². The maximum absolute atomic E-state index is 6.55. The van der Waals surface area contributed by atoms with E-state index in [2.05, 4.69) is 143 Å². The molecule has 1 atom stereocenters. The Morgan fingerprint density at radius 2 is 1.20 bits per heavy atom. The minimum absolute atomic E-state index is 0.403. The molecule has 1 saturated heterocycles. The number of benzene rings is 5. The van der Waals surface area contributed by atoms with Crippen molar-refractivity contribution in [3.05, 3.63) is 137 Å². The maximum atomic E-state index is 6.55. The predicted molar refractivity (Wildman–Crippen MR) is 166 cm³/mol. The van der Waals surface area contributed by atoms with Gasteiger partial charge in [0.25, 0.3) is 0 Å². The van der Waals surface area contributed by atoms with Gasteiger partial charge in [0.05, 0.1) is 16.6 Å². The number of hydrogen-bond acceptors (Lipinski definition) is 2. The highest BCUT2D eigenvalue weighted by molar-refractivity contribution is 6.62. The lowest BCUT2D eigenvalue weighted by Crippen LogP contribution is -2.41. The topological polar surface area (TPSA) is 18.5 Å². The van der Waals surface area contributed by atoms with Crippen molar-refractivity contribution in [1.29, 1.82) is 0 Å². The summed E-state index contributed by atoms with van der Waals surface area (Å²) in [7, 11) is -0.428. The number of fused-ring (bicyclic) bond motifs is 11. The zero-order valence-corrected chi connectivity index (χ0v) is 23.4. The van der Waals surface area contributed by atoms with Gasteiger partial charge in [-0.1, -0.05) is 115 Å². The molecule has 194 valence electrons. The zero-order chi connectivity index (χ0) is 27.3. The van der Waals surface area contributed by atoms with Gasteiger partial charge in [-0.3, -0.25) is 0 Å². The highest BCUT2D eigenvalue weighted by Crippen LogP contribution is 2.59. The number of rotatable bonds is 1. The van der Waals surface area contributed by atoms with Gasteiger partial charge < -0.3 is 9.31 Å². The number of hydrogen-bond donors (Lipinski definition) is 0. The summed E-state index contributed by atoms with van der Waals surface area (Å²) in [5.74, 6) is 0. The molecule has 3 aliphatic rings. The molecule has 1 aliphatic heterocycles. The SMILES string of the molecule is CC1(C)OB(c2ccc3c(c2)C2(c4ccccc4C=C3)c3ccccc3-c3c2ccc2ccccc32)OC1(C)C. The van der Waals surface area contributed by atoms with Crippen molar-refractivity contribution in [2.75, 3.05) is 0 Å². The molecule has 8 rings (SSSR count). The third-order valence-corrected chi connectivity index (χ3v) is 9.75. The maximum Gasteiger partial charge on any atom is 0.494 e. The second-order valence-electron chi connectivity index (χ2n) is 12.4. The van der Waals surface area contributed by atoms with Crippen molar-refractivity contribution >= 4 is 35.5 Å². The second-order valence-corrected chi connectivity index (χ2v) is 12.4. The predicted octanol–water partition coefficient (Wildman–Crippen LogP) is 7.99. The van der Waals surface area contributed by atoms with E-state index in [-0.39, 0.29) is 0 Å². The van der Waals surface area contributed by atoms with Crippen LogP contribution in [0.5, 0.6) is 0 Å². The largest absolute Gasteiger partial charge is 0.494 e. The molecule has 1 spiro atoms. The van der Waals surface area contributed by atoms with Gasteiger partial charge >= 0.3 is 7.12 Å². The molecule has 5 aromatic carbocycles. The molecule has 0 saturated carbocycles. The highest BCUT2D eigenvalue weighted by Gasteiger charge is 2.53. The van der Waals surface area contributed by atoms with Gasteiger partial charge in [-0.15, -0.1) is 0 Å². The minimum Gasteiger partial charge on any atom is -0.399 e. The van der Waals surface area contributed by atoms with Crippen LogP contribution in [0.1, 0.15) is 61.1 Å². The quantitative estimate of drug-likeness (QED) is 0.205. The molecule has 1 fully saturated rings. The third-order valence-electron chi connectivity index (χ3n) is 9.75. The van der Waals surface area contributed by atoms with E-state index in [0.29, 0.717) is 0 Å². The summed E-state index contributed by atoms with van der Waals surface area (Å²) >= 11 is 0. The van der Waals surface area contributed by atoms with Crippen LogP contribution in [-0.4, -0.2) is 18.3 Å². The van der Waals surface area contributed by atoms with E-state index in [1.807, 2.05) is 0 Å². The third kappa shape index (κ3) is 3.02. The Hall–Kier alpha value is -3.92. The van der Waals surface area contributed by atoms with E-state index in [1.54, 1.807) is 0 Å². The van der Waals surface area contributed by atoms with Gasteiger partial charge in [-0.2, -0.15) is 0 Å². The van der Waals surface area contributed by atoms with Crippen LogP contribution in [0.25, 0.3) is 34.1 Å². The first-order valence-electron chi connectivity index (χ1n) is 14.2. The van der Waals surface area contributed by atoms with Crippen molar-refractivity contribution in [3.8, 4) is 11.1 Å². The van der Waals surface area contributed by atoms with Crippen molar-refractivity contribution < 1.29 is 9.31 Å². The van der Waals surface area contributed by atoms with Crippen LogP contribution < -0.4 is 5.46 Å². The molecule has 2 aliphatic carbocycles. The first-order chi connectivity index (χ1) is 19.3. The molecule has 1 unspecified atom stereocenters. The smallest absolute Gasteiger partial charge is 0.399 e. The van der Waals surface area contributed by atoms with Crippen molar-refractivity contribution in [2.45, 2.75) is 44.3 Å². The lowest BCUT2D eigenvalue weighted by Gasteiger charge is -2.35. The van der Waals surface area contributed by atoms with Gasteiger partial charge in [0.1, 0.15) is 0 Å². The van der Waals surface area contributed by atoms with Crippen molar-refractivity contribution in [3.63, 3.8) is 0 Å². The Balaban J connectivity index is 1.49. The Bertz CT molecular complexity index is 1870. The summed E-state index contributed by atoms with van der Waals surface area (Å²) in [4.78, 5) is 0. The first-order valence-corrected chi connectivity index (χ1v) is 14.2. The van der Waals surface area contributed by atoms with Gasteiger partial charge in [0.2, 0.25) is 0 Å². The molecule has 0 aromatic heterocycles. The molecule has 0 radical (unpaired) electrons. The lowest BCUT2D eigenvalue weighted by atomic mass is 9.64. The monoisotopic (exact) mass is 518 g/mol. The van der Waals surface area contributed by atoms with Gasteiger partial charge in [0.15, 0.2) is 0 Å². The molecule has 2 nitrogen and oxygen atoms in total. The molecule has 0 amide bonds. The first kappa shape index (κ1) is 23.9. The van der Waals surface area contributed by atoms with Crippen LogP contribution in [-0.2, 0) is 14.7 Å². The van der Waals surface area contributed by atoms with Crippen molar-refractivity contribution in [1.82, 2.24) is 0 Å². The van der Waals surface area contributed by atoms with Crippen LogP contribution in [0.2, 0.25) is 0 Å². The summed E-state index contributed by atoms with van der Waals surface area (Å²) in [5, 5.41) is 2.56. The fourth-order valence-electron chi connectivity index (χ4n) is 7.11. The molecular formula is C37H31BO2. The Morgan fingerprint density at radius 1 is 0.550 bits per heavy atom. The average Bonchev–Trinajstić information content (AvgIpc) is 3.32. The Labute approximate surface area is 236 Å². The van der Waals surface area contributed by atoms with E-state index >= 15 is 0 Å². The van der Waals surface area contributed by atoms with Crippen LogP contribution in [0.4, 0.5) is 0 Å². The van der Waals surface area contributed by atoms with Gasteiger partial charge in [-0.05, 0) is 88.4 Å². The van der Waals surface area contributed by atoms with Crippen LogP contribution in [0.15, 0.2) is 103 Å². The van der Waals surface area contributed by atoms with E-state index < -0.39 is 23.7 Å². The molecule has 5 aromatic rings. The second kappa shape index (κ2) is 8.07. The fourth-order valence-corrected chi connectivity index (χ4v) is 7.11. The van der Waals surface area contributed by atoms with E-state index in [0.717, 1.165) is 5.46 Å². The van der Waals surface area contributed by atoms with E-state index in [4.69, 9.17) is 9.31 Å². The molecular weight excluding hydrogens is 487 g/mol. The van der Waals surface area contributed by atoms with Crippen LogP contribution in [0.3, 0.4) is 0 Å². The summed E-state index contributed by atoms with van der Waals surface area (Å²) in [5.41, 5.74) is 10.1. The molecule has 0 N–H and O–H groups in total. The zero-order valence-electron chi connectivity index (χ0n) is 23.4. The minimum atomic E-state index is -0.481. The molecule has 40 heavy (non-hydrogen) atoms. The van der Waals surface area contributed by atoms with Crippen LogP contribution in [0, 0.1) is 0 Å². The highest BCUT2D eigenvalue weighted by atomic mass is 16.7. The summed E-state index contributed by atoms with van der Waals surface area (Å²) in [6.07, 6.45) is 4.55. The summed E-state index contributed by atoms with van der Waals surface area (Å²) in [6.45, 7) is 8.47. The molecule has 0 bridgehead atoms. The van der Waals surface area contributed by atoms with E-state index in [1.165, 1.54) is 55.3 Å². The summed E-state index contributed by atoms with van der Waals surface area (Å²) in [6, 6.07) is 38.1. The Morgan fingerprint density at radius 3 is 2.00 bits per heavy atom. The molecule has 1 heterocycles. The van der Waals surface area contributed by atoms with Gasteiger partial charge in [-0.25, -0.2) is 0 Å². The Kier molecular flexibility index (Phi) is 4.83. The van der Waals surface area contributed by atoms with Crippen molar-refractivity contribution in [2.24, 2.45) is 0 Å².